The lowest BCUT2D eigenvalue weighted by molar-refractivity contribution is -0.113. The smallest absolute Gasteiger partial charge is 0.255 e. The van der Waals surface area contributed by atoms with Gasteiger partial charge in [-0.1, -0.05) is 18.2 Å². The number of methoxy groups -OCH3 is 1. The van der Waals surface area contributed by atoms with Gasteiger partial charge >= 0.3 is 0 Å². The highest BCUT2D eigenvalue weighted by Gasteiger charge is 2.30. The Hall–Kier alpha value is -2.86. The Balaban J connectivity index is 1.95. The minimum atomic E-state index is -0.361. The van der Waals surface area contributed by atoms with Crippen LogP contribution >= 0.6 is 12.2 Å². The maximum atomic E-state index is 13.1. The lowest BCUT2D eigenvalue weighted by Gasteiger charge is -2.30. The van der Waals surface area contributed by atoms with Gasteiger partial charge in [0.25, 0.3) is 5.91 Å². The summed E-state index contributed by atoms with van der Waals surface area (Å²) in [5, 5.41) is 9.74. The minimum Gasteiger partial charge on any atom is -0.497 e. The molecule has 6 heteroatoms. The van der Waals surface area contributed by atoms with Crippen LogP contribution < -0.4 is 20.7 Å². The zero-order valence-electron chi connectivity index (χ0n) is 15.8. The molecule has 0 aliphatic carbocycles. The molecule has 5 nitrogen and oxygen atoms in total. The number of thiocarbonyl (C=S) groups is 1. The standard InChI is InChI=1S/C21H23N3O2S/c1-12-8-9-16(10-13(12)2)23-20(25)18-14(3)22-21(27)24-19(18)15-6-5-7-17(11-15)26-4/h5-11,19H,1-4H3,(H,23,25)(H2,22,24,27)/t19-/m0/s1. The summed E-state index contributed by atoms with van der Waals surface area (Å²) in [5.74, 6) is 0.552. The van der Waals surface area contributed by atoms with Crippen LogP contribution in [0.2, 0.25) is 0 Å². The van der Waals surface area contributed by atoms with Gasteiger partial charge in [-0.3, -0.25) is 4.79 Å². The maximum absolute atomic E-state index is 13.1. The van der Waals surface area contributed by atoms with Crippen molar-refractivity contribution in [1.82, 2.24) is 10.6 Å². The summed E-state index contributed by atoms with van der Waals surface area (Å²) in [5.41, 5.74) is 5.31. The Morgan fingerprint density at radius 1 is 1.11 bits per heavy atom. The highest BCUT2D eigenvalue weighted by molar-refractivity contribution is 7.80. The molecule has 0 aromatic heterocycles. The molecule has 0 saturated heterocycles. The summed E-state index contributed by atoms with van der Waals surface area (Å²) >= 11 is 5.30. The van der Waals surface area contributed by atoms with Crippen molar-refractivity contribution in [3.63, 3.8) is 0 Å². The number of amides is 1. The van der Waals surface area contributed by atoms with Gasteiger partial charge in [-0.2, -0.15) is 0 Å². The Bertz CT molecular complexity index is 937. The van der Waals surface area contributed by atoms with E-state index in [1.165, 1.54) is 5.56 Å². The quantitative estimate of drug-likeness (QED) is 0.704. The zero-order chi connectivity index (χ0) is 19.6. The first-order valence-corrected chi connectivity index (χ1v) is 9.10. The number of rotatable bonds is 4. The van der Waals surface area contributed by atoms with Gasteiger partial charge in [-0.25, -0.2) is 0 Å². The lowest BCUT2D eigenvalue weighted by Crippen LogP contribution is -2.45. The summed E-state index contributed by atoms with van der Waals surface area (Å²) < 4.78 is 5.32. The first kappa shape index (κ1) is 18.9. The third-order valence-corrected chi connectivity index (χ3v) is 4.93. The van der Waals surface area contributed by atoms with E-state index in [0.29, 0.717) is 10.7 Å². The zero-order valence-corrected chi connectivity index (χ0v) is 16.7. The van der Waals surface area contributed by atoms with E-state index < -0.39 is 0 Å². The number of benzene rings is 2. The van der Waals surface area contributed by atoms with Crippen molar-refractivity contribution >= 4 is 28.9 Å². The predicted molar refractivity (Wildman–Crippen MR) is 112 cm³/mol. The molecule has 140 valence electrons. The second-order valence-electron chi connectivity index (χ2n) is 6.60. The number of aryl methyl sites for hydroxylation is 2. The Morgan fingerprint density at radius 3 is 2.59 bits per heavy atom. The van der Waals surface area contributed by atoms with Crippen LogP contribution in [0.3, 0.4) is 0 Å². The summed E-state index contributed by atoms with van der Waals surface area (Å²) in [4.78, 5) is 13.1. The van der Waals surface area contributed by atoms with E-state index in [-0.39, 0.29) is 11.9 Å². The fourth-order valence-corrected chi connectivity index (χ4v) is 3.35. The highest BCUT2D eigenvalue weighted by Crippen LogP contribution is 2.30. The second-order valence-corrected chi connectivity index (χ2v) is 7.01. The average molecular weight is 382 g/mol. The fourth-order valence-electron chi connectivity index (χ4n) is 3.08. The number of allylic oxidation sites excluding steroid dienone is 1. The van der Waals surface area contributed by atoms with Crippen molar-refractivity contribution in [2.75, 3.05) is 12.4 Å². The summed E-state index contributed by atoms with van der Waals surface area (Å²) in [7, 11) is 1.62. The highest BCUT2D eigenvalue weighted by atomic mass is 32.1. The van der Waals surface area contributed by atoms with Crippen molar-refractivity contribution in [2.45, 2.75) is 26.8 Å². The van der Waals surface area contributed by atoms with E-state index in [9.17, 15) is 4.79 Å². The normalized spacial score (nSPS) is 16.4. The molecule has 0 unspecified atom stereocenters. The maximum Gasteiger partial charge on any atom is 0.255 e. The van der Waals surface area contributed by atoms with Gasteiger partial charge in [-0.15, -0.1) is 0 Å². The fraction of sp³-hybridized carbons (Fsp3) is 0.238. The molecule has 2 aromatic carbocycles. The van der Waals surface area contributed by atoms with Crippen molar-refractivity contribution in [1.29, 1.82) is 0 Å². The van der Waals surface area contributed by atoms with Gasteiger partial charge in [0.1, 0.15) is 5.75 Å². The van der Waals surface area contributed by atoms with E-state index in [1.54, 1.807) is 7.11 Å². The molecule has 1 aliphatic heterocycles. The van der Waals surface area contributed by atoms with Crippen molar-refractivity contribution < 1.29 is 9.53 Å². The van der Waals surface area contributed by atoms with E-state index >= 15 is 0 Å². The molecule has 2 aromatic rings. The van der Waals surface area contributed by atoms with Gasteiger partial charge in [0.05, 0.1) is 18.7 Å². The molecule has 0 fully saturated rings. The van der Waals surface area contributed by atoms with Crippen molar-refractivity contribution in [2.24, 2.45) is 0 Å². The Kier molecular flexibility index (Phi) is 5.46. The number of hydrogen-bond donors (Lipinski definition) is 3. The molecular weight excluding hydrogens is 358 g/mol. The first-order valence-electron chi connectivity index (χ1n) is 8.70. The topological polar surface area (TPSA) is 62.4 Å². The first-order chi connectivity index (χ1) is 12.9. The third kappa shape index (κ3) is 4.11. The van der Waals surface area contributed by atoms with Crippen molar-refractivity contribution in [3.05, 3.63) is 70.4 Å². The van der Waals surface area contributed by atoms with Crippen LogP contribution in [0, 0.1) is 13.8 Å². The van der Waals surface area contributed by atoms with Crippen LogP contribution in [0.5, 0.6) is 5.75 Å². The Labute approximate surface area is 164 Å². The van der Waals surface area contributed by atoms with Crippen LogP contribution in [0.25, 0.3) is 0 Å². The molecule has 1 aliphatic rings. The van der Waals surface area contributed by atoms with Crippen LogP contribution in [-0.2, 0) is 4.79 Å². The van der Waals surface area contributed by atoms with Gasteiger partial charge < -0.3 is 20.7 Å². The van der Waals surface area contributed by atoms with Crippen molar-refractivity contribution in [3.8, 4) is 5.75 Å². The van der Waals surface area contributed by atoms with Crippen LogP contribution in [0.4, 0.5) is 5.69 Å². The number of hydrogen-bond acceptors (Lipinski definition) is 3. The molecule has 3 N–H and O–H groups in total. The van der Waals surface area contributed by atoms with E-state index in [0.717, 1.165) is 28.3 Å². The largest absolute Gasteiger partial charge is 0.497 e. The summed E-state index contributed by atoms with van der Waals surface area (Å²) in [6.45, 7) is 5.93. The molecule has 0 saturated carbocycles. The van der Waals surface area contributed by atoms with Gasteiger partial charge in [0.15, 0.2) is 5.11 Å². The SMILES string of the molecule is COc1cccc([C@@H]2NC(=S)NC(C)=C2C(=O)Nc2ccc(C)c(C)c2)c1. The van der Waals surface area contributed by atoms with Gasteiger partial charge in [-0.05, 0) is 73.9 Å². The molecule has 1 atom stereocenters. The molecule has 0 radical (unpaired) electrons. The molecule has 0 spiro atoms. The van der Waals surface area contributed by atoms with E-state index in [4.69, 9.17) is 17.0 Å². The number of carbonyl (C=O) groups excluding carboxylic acids is 1. The average Bonchev–Trinajstić information content (AvgIpc) is 2.64. The van der Waals surface area contributed by atoms with Gasteiger partial charge in [0, 0.05) is 11.4 Å². The molecule has 0 bridgehead atoms. The Morgan fingerprint density at radius 2 is 1.89 bits per heavy atom. The molecule has 27 heavy (non-hydrogen) atoms. The van der Waals surface area contributed by atoms with Crippen LogP contribution in [-0.4, -0.2) is 18.1 Å². The molecular formula is C21H23N3O2S. The monoisotopic (exact) mass is 381 g/mol. The lowest BCUT2D eigenvalue weighted by atomic mass is 9.94. The van der Waals surface area contributed by atoms with E-state index in [2.05, 4.69) is 16.0 Å². The molecule has 1 amide bonds. The third-order valence-electron chi connectivity index (χ3n) is 4.71. The number of ether oxygens (including phenoxy) is 1. The van der Waals surface area contributed by atoms with Crippen LogP contribution in [0.1, 0.15) is 29.7 Å². The van der Waals surface area contributed by atoms with Gasteiger partial charge in [0.2, 0.25) is 0 Å². The molecule has 1 heterocycles. The van der Waals surface area contributed by atoms with E-state index in [1.807, 2.05) is 63.2 Å². The number of anilines is 1. The minimum absolute atomic E-state index is 0.175. The summed E-state index contributed by atoms with van der Waals surface area (Å²) in [6, 6.07) is 13.1. The second kappa shape index (κ2) is 7.80. The number of nitrogens with one attached hydrogen (secondary N) is 3. The van der Waals surface area contributed by atoms with Crippen LogP contribution in [0.15, 0.2) is 53.7 Å². The molecule has 3 rings (SSSR count). The number of carbonyl (C=O) groups is 1. The summed E-state index contributed by atoms with van der Waals surface area (Å²) in [6.07, 6.45) is 0. The predicted octanol–water partition coefficient (Wildman–Crippen LogP) is 3.74.